The van der Waals surface area contributed by atoms with Gasteiger partial charge in [0.15, 0.2) is 0 Å². The molecule has 1 aliphatic rings. The summed E-state index contributed by atoms with van der Waals surface area (Å²) in [7, 11) is 0. The predicted molar refractivity (Wildman–Crippen MR) is 64.4 cm³/mol. The molecule has 1 heterocycles. The Morgan fingerprint density at radius 2 is 2.21 bits per heavy atom. The lowest BCUT2D eigenvalue weighted by molar-refractivity contribution is 0.183. The number of nitrogens with zero attached hydrogens (tertiary/aromatic N) is 1. The zero-order valence-electron chi connectivity index (χ0n) is 9.84. The van der Waals surface area contributed by atoms with E-state index in [0.29, 0.717) is 0 Å². The zero-order chi connectivity index (χ0) is 10.8. The van der Waals surface area contributed by atoms with Crippen LogP contribution in [0.3, 0.4) is 0 Å². The first-order valence-electron chi connectivity index (χ1n) is 5.74. The fourth-order valence-corrected chi connectivity index (χ4v) is 1.80. The molecule has 0 saturated carbocycles. The Kier molecular flexibility index (Phi) is 9.00. The number of allylic oxidation sites excluding steroid dienone is 1. The Bertz CT molecular complexity index is 134. The van der Waals surface area contributed by atoms with Crippen LogP contribution in [-0.2, 0) is 0 Å². The minimum absolute atomic E-state index is 0.838. The van der Waals surface area contributed by atoms with E-state index < -0.39 is 0 Å². The van der Waals surface area contributed by atoms with Crippen LogP contribution in [0.4, 0.5) is 0 Å². The first-order chi connectivity index (χ1) is 6.74. The molecule has 1 aliphatic heterocycles. The molecular weight excluding hydrogens is 172 g/mol. The van der Waals surface area contributed by atoms with Gasteiger partial charge in [-0.25, -0.2) is 0 Å². The van der Waals surface area contributed by atoms with Gasteiger partial charge < -0.3 is 10.6 Å². The van der Waals surface area contributed by atoms with Gasteiger partial charge in [-0.3, -0.25) is 0 Å². The fourth-order valence-electron chi connectivity index (χ4n) is 1.80. The van der Waals surface area contributed by atoms with Crippen LogP contribution >= 0.6 is 0 Å². The molecule has 0 aromatic rings. The van der Waals surface area contributed by atoms with Crippen LogP contribution in [0.5, 0.6) is 0 Å². The highest BCUT2D eigenvalue weighted by molar-refractivity contribution is 4.69. The first-order valence-corrected chi connectivity index (χ1v) is 5.74. The third-order valence-corrected chi connectivity index (χ3v) is 2.42. The SMILES string of the molecule is C=CC.CC1CCCN(CCCN)C1. The van der Waals surface area contributed by atoms with Gasteiger partial charge in [0.2, 0.25) is 0 Å². The Morgan fingerprint density at radius 1 is 1.57 bits per heavy atom. The molecule has 0 aromatic carbocycles. The maximum atomic E-state index is 5.45. The van der Waals surface area contributed by atoms with Crippen molar-refractivity contribution >= 4 is 0 Å². The molecule has 14 heavy (non-hydrogen) atoms. The fraction of sp³-hybridized carbons (Fsp3) is 0.833. The average molecular weight is 198 g/mol. The lowest BCUT2D eigenvalue weighted by Crippen LogP contribution is -2.35. The van der Waals surface area contributed by atoms with E-state index >= 15 is 0 Å². The Labute approximate surface area is 89.2 Å². The van der Waals surface area contributed by atoms with Gasteiger partial charge in [0.1, 0.15) is 0 Å². The van der Waals surface area contributed by atoms with E-state index in [2.05, 4.69) is 18.4 Å². The van der Waals surface area contributed by atoms with E-state index in [0.717, 1.165) is 18.9 Å². The first kappa shape index (κ1) is 13.7. The standard InChI is InChI=1S/C9H20N2.C3H6/c1-9-4-2-6-11(8-9)7-3-5-10;1-3-2/h9H,2-8,10H2,1H3;3H,1H2,2H3. The quantitative estimate of drug-likeness (QED) is 0.705. The minimum Gasteiger partial charge on any atom is -0.330 e. The molecule has 0 radical (unpaired) electrons. The van der Waals surface area contributed by atoms with Gasteiger partial charge in [-0.15, -0.1) is 6.58 Å². The maximum Gasteiger partial charge on any atom is 0.000703 e. The molecule has 0 bridgehead atoms. The van der Waals surface area contributed by atoms with Crippen molar-refractivity contribution in [2.24, 2.45) is 11.7 Å². The summed E-state index contributed by atoms with van der Waals surface area (Å²) in [5.74, 6) is 0.904. The number of nitrogens with two attached hydrogens (primary N) is 1. The van der Waals surface area contributed by atoms with Gasteiger partial charge >= 0.3 is 0 Å². The predicted octanol–water partition coefficient (Wildman–Crippen LogP) is 2.26. The third-order valence-electron chi connectivity index (χ3n) is 2.42. The number of hydrogen-bond donors (Lipinski definition) is 1. The van der Waals surface area contributed by atoms with E-state index in [-0.39, 0.29) is 0 Å². The smallest absolute Gasteiger partial charge is 0.000703 e. The highest BCUT2D eigenvalue weighted by Gasteiger charge is 2.14. The van der Waals surface area contributed by atoms with Gasteiger partial charge in [0.25, 0.3) is 0 Å². The van der Waals surface area contributed by atoms with Crippen LogP contribution < -0.4 is 5.73 Å². The van der Waals surface area contributed by atoms with Gasteiger partial charge in [0.05, 0.1) is 0 Å². The molecule has 0 amide bonds. The minimum atomic E-state index is 0.838. The van der Waals surface area contributed by atoms with Crippen LogP contribution in [0.1, 0.15) is 33.1 Å². The highest BCUT2D eigenvalue weighted by Crippen LogP contribution is 2.14. The molecule has 0 aromatic heterocycles. The lowest BCUT2D eigenvalue weighted by Gasteiger charge is -2.30. The summed E-state index contributed by atoms with van der Waals surface area (Å²) in [4.78, 5) is 2.54. The number of hydrogen-bond acceptors (Lipinski definition) is 2. The van der Waals surface area contributed by atoms with Crippen molar-refractivity contribution in [3.05, 3.63) is 12.7 Å². The van der Waals surface area contributed by atoms with Crippen LogP contribution in [0.2, 0.25) is 0 Å². The van der Waals surface area contributed by atoms with Crippen LogP contribution in [0.25, 0.3) is 0 Å². The van der Waals surface area contributed by atoms with E-state index in [1.54, 1.807) is 6.08 Å². The molecule has 1 atom stereocenters. The second-order valence-electron chi connectivity index (χ2n) is 4.10. The van der Waals surface area contributed by atoms with Crippen molar-refractivity contribution in [2.75, 3.05) is 26.2 Å². The second-order valence-corrected chi connectivity index (χ2v) is 4.10. The van der Waals surface area contributed by atoms with E-state index in [1.807, 2.05) is 6.92 Å². The molecule has 1 unspecified atom stereocenters. The molecule has 1 saturated heterocycles. The third kappa shape index (κ3) is 7.10. The number of piperidine rings is 1. The van der Waals surface area contributed by atoms with Gasteiger partial charge in [-0.05, 0) is 51.7 Å². The van der Waals surface area contributed by atoms with Crippen LogP contribution in [0, 0.1) is 5.92 Å². The molecule has 2 N–H and O–H groups in total. The van der Waals surface area contributed by atoms with Gasteiger partial charge in [-0.2, -0.15) is 0 Å². The van der Waals surface area contributed by atoms with Crippen molar-refractivity contribution in [2.45, 2.75) is 33.1 Å². The molecular formula is C12H26N2. The molecule has 1 fully saturated rings. The van der Waals surface area contributed by atoms with Crippen molar-refractivity contribution in [1.82, 2.24) is 4.90 Å². The van der Waals surface area contributed by atoms with E-state index in [9.17, 15) is 0 Å². The Balaban J connectivity index is 0.000000500. The van der Waals surface area contributed by atoms with Gasteiger partial charge in [-0.1, -0.05) is 13.0 Å². The number of likely N-dealkylation sites (tertiary alicyclic amines) is 1. The maximum absolute atomic E-state index is 5.45. The Hall–Kier alpha value is -0.340. The molecule has 0 aliphatic carbocycles. The summed E-state index contributed by atoms with van der Waals surface area (Å²) in [5.41, 5.74) is 5.45. The monoisotopic (exact) mass is 198 g/mol. The van der Waals surface area contributed by atoms with Crippen LogP contribution in [-0.4, -0.2) is 31.1 Å². The van der Waals surface area contributed by atoms with E-state index in [1.165, 1.54) is 32.5 Å². The summed E-state index contributed by atoms with van der Waals surface area (Å²) in [6, 6.07) is 0. The van der Waals surface area contributed by atoms with Crippen molar-refractivity contribution in [3.8, 4) is 0 Å². The second kappa shape index (κ2) is 9.22. The summed E-state index contributed by atoms with van der Waals surface area (Å²) in [6.07, 6.45) is 5.71. The highest BCUT2D eigenvalue weighted by atomic mass is 15.1. The van der Waals surface area contributed by atoms with Crippen molar-refractivity contribution < 1.29 is 0 Å². The lowest BCUT2D eigenvalue weighted by atomic mass is 10.0. The summed E-state index contributed by atoms with van der Waals surface area (Å²) < 4.78 is 0. The molecule has 2 heteroatoms. The largest absolute Gasteiger partial charge is 0.330 e. The van der Waals surface area contributed by atoms with E-state index in [4.69, 9.17) is 5.73 Å². The number of rotatable bonds is 3. The normalized spacial score (nSPS) is 22.4. The van der Waals surface area contributed by atoms with Crippen molar-refractivity contribution in [1.29, 1.82) is 0 Å². The Morgan fingerprint density at radius 3 is 2.71 bits per heavy atom. The summed E-state index contributed by atoms with van der Waals surface area (Å²) in [6.45, 7) is 12.2. The van der Waals surface area contributed by atoms with Crippen LogP contribution in [0.15, 0.2) is 12.7 Å². The summed E-state index contributed by atoms with van der Waals surface area (Å²) >= 11 is 0. The molecule has 84 valence electrons. The summed E-state index contributed by atoms with van der Waals surface area (Å²) in [5, 5.41) is 0. The topological polar surface area (TPSA) is 29.3 Å². The molecule has 0 spiro atoms. The van der Waals surface area contributed by atoms with Gasteiger partial charge in [0, 0.05) is 6.54 Å². The van der Waals surface area contributed by atoms with Crippen molar-refractivity contribution in [3.63, 3.8) is 0 Å². The average Bonchev–Trinajstić information content (AvgIpc) is 2.16. The molecule has 2 nitrogen and oxygen atoms in total. The molecule has 1 rings (SSSR count). The zero-order valence-corrected chi connectivity index (χ0v) is 9.84.